The molecule has 0 bridgehead atoms. The van der Waals surface area contributed by atoms with Crippen molar-refractivity contribution in [2.75, 3.05) is 26.2 Å². The first kappa shape index (κ1) is 24.2. The third kappa shape index (κ3) is 5.75. The van der Waals surface area contributed by atoms with Gasteiger partial charge in [-0.05, 0) is 47.0 Å². The van der Waals surface area contributed by atoms with Gasteiger partial charge in [0.1, 0.15) is 0 Å². The molecule has 0 spiro atoms. The Kier molecular flexibility index (Phi) is 7.21. The summed E-state index contributed by atoms with van der Waals surface area (Å²) in [6.45, 7) is 4.47. The van der Waals surface area contributed by atoms with Crippen LogP contribution in [-0.2, 0) is 17.5 Å². The van der Waals surface area contributed by atoms with Crippen LogP contribution < -0.4 is 5.32 Å². The first-order chi connectivity index (χ1) is 16.2. The van der Waals surface area contributed by atoms with E-state index in [1.165, 1.54) is 22.4 Å². The van der Waals surface area contributed by atoms with Gasteiger partial charge in [-0.25, -0.2) is 4.79 Å². The average molecular weight is 473 g/mol. The molecule has 0 aliphatic carbocycles. The number of benzene rings is 3. The Labute approximate surface area is 196 Å². The molecule has 1 saturated heterocycles. The lowest BCUT2D eigenvalue weighted by Gasteiger charge is -2.34. The highest BCUT2D eigenvalue weighted by Gasteiger charge is 2.32. The highest BCUT2D eigenvalue weighted by atomic mass is 19.4. The number of rotatable bonds is 7. The summed E-state index contributed by atoms with van der Waals surface area (Å²) >= 11 is 0. The van der Waals surface area contributed by atoms with Gasteiger partial charge in [-0.1, -0.05) is 42.5 Å². The number of morpholine rings is 1. The van der Waals surface area contributed by atoms with Gasteiger partial charge in [0, 0.05) is 32.2 Å². The van der Waals surface area contributed by atoms with E-state index < -0.39 is 17.7 Å². The summed E-state index contributed by atoms with van der Waals surface area (Å²) in [6.07, 6.45) is -4.73. The molecule has 5 nitrogen and oxygen atoms in total. The Hall–Kier alpha value is -2.94. The molecule has 0 saturated carbocycles. The SMILES string of the molecule is C[C@@H](NCC1CN(Cc2cc(C(=O)O)cc(C(F)(F)F)c2)CCO1)c1cccc2ccccc12. The van der Waals surface area contributed by atoms with E-state index in [0.29, 0.717) is 37.9 Å². The predicted molar refractivity (Wildman–Crippen MR) is 124 cm³/mol. The van der Waals surface area contributed by atoms with E-state index in [4.69, 9.17) is 4.74 Å². The van der Waals surface area contributed by atoms with Crippen LogP contribution in [0.4, 0.5) is 13.2 Å². The fraction of sp³-hybridized carbons (Fsp3) is 0.346. The van der Waals surface area contributed by atoms with E-state index in [9.17, 15) is 23.1 Å². The Morgan fingerprint density at radius 2 is 1.94 bits per heavy atom. The Balaban J connectivity index is 1.40. The molecule has 0 radical (unpaired) electrons. The molecule has 8 heteroatoms. The normalized spacial score (nSPS) is 18.2. The largest absolute Gasteiger partial charge is 0.478 e. The van der Waals surface area contributed by atoms with Crippen LogP contribution in [0.1, 0.15) is 40.0 Å². The van der Waals surface area contributed by atoms with Crippen molar-refractivity contribution in [3.8, 4) is 0 Å². The van der Waals surface area contributed by atoms with Gasteiger partial charge >= 0.3 is 12.1 Å². The Morgan fingerprint density at radius 1 is 1.18 bits per heavy atom. The molecular formula is C26H27F3N2O3. The molecular weight excluding hydrogens is 445 g/mol. The fourth-order valence-electron chi connectivity index (χ4n) is 4.42. The van der Waals surface area contributed by atoms with E-state index >= 15 is 0 Å². The van der Waals surface area contributed by atoms with E-state index in [-0.39, 0.29) is 24.3 Å². The molecule has 34 heavy (non-hydrogen) atoms. The maximum atomic E-state index is 13.2. The molecule has 4 rings (SSSR count). The zero-order valence-corrected chi connectivity index (χ0v) is 18.8. The first-order valence-electron chi connectivity index (χ1n) is 11.2. The molecule has 3 aromatic rings. The number of nitrogens with zero attached hydrogens (tertiary/aromatic N) is 1. The van der Waals surface area contributed by atoms with Crippen molar-refractivity contribution in [2.45, 2.75) is 31.8 Å². The number of alkyl halides is 3. The van der Waals surface area contributed by atoms with Crippen LogP contribution in [0.5, 0.6) is 0 Å². The minimum atomic E-state index is -4.60. The third-order valence-electron chi connectivity index (χ3n) is 6.14. The number of fused-ring (bicyclic) bond motifs is 1. The van der Waals surface area contributed by atoms with Crippen LogP contribution in [0, 0.1) is 0 Å². The molecule has 1 aliphatic rings. The van der Waals surface area contributed by atoms with Gasteiger partial charge in [-0.2, -0.15) is 13.2 Å². The van der Waals surface area contributed by atoms with Gasteiger partial charge in [-0.15, -0.1) is 0 Å². The van der Waals surface area contributed by atoms with Crippen LogP contribution in [-0.4, -0.2) is 48.3 Å². The highest BCUT2D eigenvalue weighted by molar-refractivity contribution is 5.88. The molecule has 1 fully saturated rings. The number of nitrogens with one attached hydrogen (secondary N) is 1. The zero-order chi connectivity index (χ0) is 24.3. The minimum Gasteiger partial charge on any atom is -0.478 e. The second-order valence-corrected chi connectivity index (χ2v) is 8.65. The number of ether oxygens (including phenoxy) is 1. The summed E-state index contributed by atoms with van der Waals surface area (Å²) < 4.78 is 45.6. The van der Waals surface area contributed by atoms with Crippen molar-refractivity contribution < 1.29 is 27.8 Å². The van der Waals surface area contributed by atoms with Crippen LogP contribution in [0.2, 0.25) is 0 Å². The van der Waals surface area contributed by atoms with E-state index in [2.05, 4.69) is 36.5 Å². The minimum absolute atomic E-state index is 0.0895. The van der Waals surface area contributed by atoms with Crippen LogP contribution in [0.3, 0.4) is 0 Å². The van der Waals surface area contributed by atoms with Crippen LogP contribution in [0.25, 0.3) is 10.8 Å². The number of aromatic carboxylic acids is 1. The monoisotopic (exact) mass is 472 g/mol. The van der Waals surface area contributed by atoms with E-state index in [1.807, 2.05) is 23.1 Å². The van der Waals surface area contributed by atoms with Gasteiger partial charge in [0.15, 0.2) is 0 Å². The lowest BCUT2D eigenvalue weighted by molar-refractivity contribution is -0.137. The van der Waals surface area contributed by atoms with Crippen molar-refractivity contribution in [1.82, 2.24) is 10.2 Å². The maximum Gasteiger partial charge on any atom is 0.416 e. The topological polar surface area (TPSA) is 61.8 Å². The second-order valence-electron chi connectivity index (χ2n) is 8.65. The quantitative estimate of drug-likeness (QED) is 0.501. The summed E-state index contributed by atoms with van der Waals surface area (Å²) in [6, 6.07) is 17.5. The Bertz CT molecular complexity index is 1160. The number of carbonyl (C=O) groups is 1. The average Bonchev–Trinajstić information content (AvgIpc) is 2.81. The van der Waals surface area contributed by atoms with Crippen LogP contribution in [0.15, 0.2) is 60.7 Å². The molecule has 0 aromatic heterocycles. The molecule has 1 unspecified atom stereocenters. The summed E-state index contributed by atoms with van der Waals surface area (Å²) in [5.41, 5.74) is 0.207. The third-order valence-corrected chi connectivity index (χ3v) is 6.14. The van der Waals surface area contributed by atoms with Crippen molar-refractivity contribution >= 4 is 16.7 Å². The summed E-state index contributed by atoms with van der Waals surface area (Å²) in [5.74, 6) is -1.38. The van der Waals surface area contributed by atoms with Gasteiger partial charge in [0.05, 0.1) is 23.8 Å². The predicted octanol–water partition coefficient (Wildman–Crippen LogP) is 5.11. The number of carboxylic acids is 1. The standard InChI is InChI=1S/C26H27F3N2O3/c1-17(23-8-4-6-19-5-2-3-7-24(19)23)30-14-22-16-31(9-10-34-22)15-18-11-20(25(32)33)13-21(12-18)26(27,28)29/h2-8,11-13,17,22,30H,9-10,14-16H2,1H3,(H,32,33)/t17-,22?/m1/s1. The van der Waals surface area contributed by atoms with Gasteiger partial charge in [0.25, 0.3) is 0 Å². The van der Waals surface area contributed by atoms with Gasteiger partial charge < -0.3 is 15.2 Å². The molecule has 2 atom stereocenters. The van der Waals surface area contributed by atoms with E-state index in [0.717, 1.165) is 6.07 Å². The lowest BCUT2D eigenvalue weighted by Crippen LogP contribution is -2.46. The molecule has 1 heterocycles. The van der Waals surface area contributed by atoms with E-state index in [1.54, 1.807) is 0 Å². The van der Waals surface area contributed by atoms with Gasteiger partial charge in [-0.3, -0.25) is 4.90 Å². The molecule has 180 valence electrons. The zero-order valence-electron chi connectivity index (χ0n) is 18.8. The van der Waals surface area contributed by atoms with Crippen molar-refractivity contribution in [2.24, 2.45) is 0 Å². The summed E-state index contributed by atoms with van der Waals surface area (Å²) in [4.78, 5) is 13.3. The Morgan fingerprint density at radius 3 is 2.71 bits per heavy atom. The van der Waals surface area contributed by atoms with Crippen molar-refractivity contribution in [3.05, 3.63) is 82.9 Å². The fourth-order valence-corrected chi connectivity index (χ4v) is 4.42. The number of hydrogen-bond acceptors (Lipinski definition) is 4. The summed E-state index contributed by atoms with van der Waals surface area (Å²) in [5, 5.41) is 15.1. The van der Waals surface area contributed by atoms with Gasteiger partial charge in [0.2, 0.25) is 0 Å². The number of hydrogen-bond donors (Lipinski definition) is 2. The maximum absolute atomic E-state index is 13.2. The molecule has 2 N–H and O–H groups in total. The van der Waals surface area contributed by atoms with Crippen molar-refractivity contribution in [1.29, 1.82) is 0 Å². The summed E-state index contributed by atoms with van der Waals surface area (Å²) in [7, 11) is 0. The number of halogens is 3. The molecule has 3 aromatic carbocycles. The first-order valence-corrected chi connectivity index (χ1v) is 11.2. The second kappa shape index (κ2) is 10.1. The molecule has 1 aliphatic heterocycles. The molecule has 0 amide bonds. The highest BCUT2D eigenvalue weighted by Crippen LogP contribution is 2.31. The lowest BCUT2D eigenvalue weighted by atomic mass is 9.99. The number of carboxylic acid groups (broad SMARTS) is 1. The van der Waals surface area contributed by atoms with Crippen molar-refractivity contribution in [3.63, 3.8) is 0 Å². The van der Waals surface area contributed by atoms with Crippen LogP contribution >= 0.6 is 0 Å². The smallest absolute Gasteiger partial charge is 0.416 e.